The molecule has 1 aromatic rings. The fourth-order valence-corrected chi connectivity index (χ4v) is 1.15. The minimum absolute atomic E-state index is 0.00535. The standard InChI is InChI=1S/C12H16NO2/c1-10(2)13-12(14)15-9-8-11-6-4-3-5-7-11/h3-7,10H,8-9H2,1-2H3. The van der Waals surface area contributed by atoms with E-state index in [4.69, 9.17) is 4.74 Å². The molecule has 1 rings (SSSR count). The lowest BCUT2D eigenvalue weighted by Crippen LogP contribution is -2.24. The Bertz CT molecular complexity index is 296. The number of rotatable bonds is 4. The van der Waals surface area contributed by atoms with Crippen molar-refractivity contribution in [3.8, 4) is 0 Å². The van der Waals surface area contributed by atoms with Crippen molar-refractivity contribution in [3.63, 3.8) is 0 Å². The van der Waals surface area contributed by atoms with E-state index in [9.17, 15) is 4.79 Å². The number of amides is 1. The molecule has 1 amide bonds. The Labute approximate surface area is 90.4 Å². The fraction of sp³-hybridized carbons (Fsp3) is 0.417. The van der Waals surface area contributed by atoms with Gasteiger partial charge in [-0.1, -0.05) is 30.3 Å². The maximum absolute atomic E-state index is 11.1. The number of hydrogen-bond acceptors (Lipinski definition) is 2. The zero-order chi connectivity index (χ0) is 11.1. The van der Waals surface area contributed by atoms with E-state index in [1.54, 1.807) is 0 Å². The van der Waals surface area contributed by atoms with E-state index in [1.165, 1.54) is 0 Å². The number of ether oxygens (including phenoxy) is 1. The van der Waals surface area contributed by atoms with Crippen LogP contribution in [0.15, 0.2) is 30.3 Å². The molecule has 81 valence electrons. The van der Waals surface area contributed by atoms with E-state index >= 15 is 0 Å². The molecule has 0 N–H and O–H groups in total. The lowest BCUT2D eigenvalue weighted by atomic mass is 10.2. The van der Waals surface area contributed by atoms with Gasteiger partial charge in [-0.3, -0.25) is 0 Å². The lowest BCUT2D eigenvalue weighted by molar-refractivity contribution is 0.143. The average molecular weight is 206 g/mol. The molecule has 0 spiro atoms. The second-order valence-corrected chi connectivity index (χ2v) is 3.57. The van der Waals surface area contributed by atoms with Crippen LogP contribution >= 0.6 is 0 Å². The number of carbonyl (C=O) groups is 1. The molecule has 1 aromatic carbocycles. The summed E-state index contributed by atoms with van der Waals surface area (Å²) in [5, 5.41) is 3.75. The highest BCUT2D eigenvalue weighted by Crippen LogP contribution is 1.99. The maximum atomic E-state index is 11.1. The molecule has 0 aliphatic carbocycles. The van der Waals surface area contributed by atoms with Gasteiger partial charge in [0.05, 0.1) is 12.6 Å². The van der Waals surface area contributed by atoms with E-state index in [1.807, 2.05) is 44.2 Å². The average Bonchev–Trinajstić information content (AvgIpc) is 2.18. The minimum Gasteiger partial charge on any atom is -0.448 e. The van der Waals surface area contributed by atoms with Gasteiger partial charge in [-0.25, -0.2) is 10.1 Å². The van der Waals surface area contributed by atoms with Gasteiger partial charge in [0, 0.05) is 6.42 Å². The second-order valence-electron chi connectivity index (χ2n) is 3.57. The molecule has 15 heavy (non-hydrogen) atoms. The van der Waals surface area contributed by atoms with Crippen molar-refractivity contribution in [1.29, 1.82) is 0 Å². The Kier molecular flexibility index (Phi) is 4.68. The highest BCUT2D eigenvalue weighted by molar-refractivity contribution is 5.67. The van der Waals surface area contributed by atoms with Gasteiger partial charge in [0.1, 0.15) is 0 Å². The van der Waals surface area contributed by atoms with E-state index in [-0.39, 0.29) is 6.04 Å². The number of carbonyl (C=O) groups excluding carboxylic acids is 1. The van der Waals surface area contributed by atoms with Crippen molar-refractivity contribution in [3.05, 3.63) is 35.9 Å². The summed E-state index contributed by atoms with van der Waals surface area (Å²) in [4.78, 5) is 11.1. The first-order valence-corrected chi connectivity index (χ1v) is 5.10. The van der Waals surface area contributed by atoms with Gasteiger partial charge >= 0.3 is 6.09 Å². The van der Waals surface area contributed by atoms with Crippen LogP contribution in [0.2, 0.25) is 0 Å². The van der Waals surface area contributed by atoms with E-state index in [0.717, 1.165) is 12.0 Å². The molecule has 0 aliphatic heterocycles. The minimum atomic E-state index is -0.471. The molecular formula is C12H16NO2. The fourth-order valence-electron chi connectivity index (χ4n) is 1.15. The predicted molar refractivity (Wildman–Crippen MR) is 58.8 cm³/mol. The van der Waals surface area contributed by atoms with E-state index < -0.39 is 6.09 Å². The second kappa shape index (κ2) is 6.06. The first-order chi connectivity index (χ1) is 7.18. The van der Waals surface area contributed by atoms with Gasteiger partial charge in [-0.05, 0) is 19.4 Å². The first-order valence-electron chi connectivity index (χ1n) is 5.10. The Hall–Kier alpha value is -1.51. The molecule has 1 radical (unpaired) electrons. The SMILES string of the molecule is CC(C)[N]C(=O)OCCc1ccccc1. The van der Waals surface area contributed by atoms with Crippen LogP contribution in [0.1, 0.15) is 19.4 Å². The third kappa shape index (κ3) is 5.05. The largest absolute Gasteiger partial charge is 0.448 e. The topological polar surface area (TPSA) is 40.4 Å². The summed E-state index contributed by atoms with van der Waals surface area (Å²) in [5.41, 5.74) is 1.16. The highest BCUT2D eigenvalue weighted by Gasteiger charge is 2.05. The van der Waals surface area contributed by atoms with Crippen molar-refractivity contribution in [1.82, 2.24) is 5.32 Å². The monoisotopic (exact) mass is 206 g/mol. The molecule has 0 atom stereocenters. The van der Waals surface area contributed by atoms with Crippen LogP contribution in [0.4, 0.5) is 4.79 Å². The Morgan fingerprint density at radius 3 is 2.60 bits per heavy atom. The normalized spacial score (nSPS) is 10.1. The van der Waals surface area contributed by atoms with Crippen LogP contribution in [0.3, 0.4) is 0 Å². The van der Waals surface area contributed by atoms with Crippen LogP contribution in [0, 0.1) is 0 Å². The molecule has 0 bridgehead atoms. The summed E-state index contributed by atoms with van der Waals surface area (Å²) in [7, 11) is 0. The van der Waals surface area contributed by atoms with Gasteiger partial charge in [0.15, 0.2) is 0 Å². The van der Waals surface area contributed by atoms with Crippen molar-refractivity contribution in [2.75, 3.05) is 6.61 Å². The molecule has 0 saturated carbocycles. The van der Waals surface area contributed by atoms with E-state index in [2.05, 4.69) is 5.32 Å². The Balaban J connectivity index is 2.19. The van der Waals surface area contributed by atoms with E-state index in [0.29, 0.717) is 6.61 Å². The molecule has 3 nitrogen and oxygen atoms in total. The highest BCUT2D eigenvalue weighted by atomic mass is 16.5. The summed E-state index contributed by atoms with van der Waals surface area (Å²) in [6, 6.07) is 9.91. The summed E-state index contributed by atoms with van der Waals surface area (Å²) < 4.78 is 4.95. The summed E-state index contributed by atoms with van der Waals surface area (Å²) >= 11 is 0. The number of nitrogens with zero attached hydrogens (tertiary/aromatic N) is 1. The van der Waals surface area contributed by atoms with Gasteiger partial charge in [0.2, 0.25) is 0 Å². The Morgan fingerprint density at radius 2 is 2.00 bits per heavy atom. The molecule has 0 aliphatic rings. The molecule has 0 saturated heterocycles. The summed E-state index contributed by atoms with van der Waals surface area (Å²) in [5.74, 6) is 0. The third-order valence-electron chi connectivity index (χ3n) is 1.82. The van der Waals surface area contributed by atoms with Crippen LogP contribution in [0.25, 0.3) is 0 Å². The molecule has 0 fully saturated rings. The van der Waals surface area contributed by atoms with Crippen molar-refractivity contribution >= 4 is 6.09 Å². The van der Waals surface area contributed by atoms with Crippen molar-refractivity contribution in [2.45, 2.75) is 26.3 Å². The smallest absolute Gasteiger partial charge is 0.429 e. The zero-order valence-corrected chi connectivity index (χ0v) is 9.14. The predicted octanol–water partition coefficient (Wildman–Crippen LogP) is 2.38. The molecule has 0 heterocycles. The van der Waals surface area contributed by atoms with Crippen molar-refractivity contribution < 1.29 is 9.53 Å². The van der Waals surface area contributed by atoms with Gasteiger partial charge in [-0.15, -0.1) is 0 Å². The van der Waals surface area contributed by atoms with Crippen LogP contribution in [0.5, 0.6) is 0 Å². The molecular weight excluding hydrogens is 190 g/mol. The molecule has 3 heteroatoms. The quantitative estimate of drug-likeness (QED) is 0.758. The van der Waals surface area contributed by atoms with Gasteiger partial charge in [-0.2, -0.15) is 0 Å². The van der Waals surface area contributed by atoms with Gasteiger partial charge < -0.3 is 4.74 Å². The Morgan fingerprint density at radius 1 is 1.33 bits per heavy atom. The van der Waals surface area contributed by atoms with Crippen molar-refractivity contribution in [2.24, 2.45) is 0 Å². The maximum Gasteiger partial charge on any atom is 0.429 e. The van der Waals surface area contributed by atoms with Gasteiger partial charge in [0.25, 0.3) is 0 Å². The number of benzene rings is 1. The lowest BCUT2D eigenvalue weighted by Gasteiger charge is -2.06. The molecule has 0 aromatic heterocycles. The third-order valence-corrected chi connectivity index (χ3v) is 1.82. The zero-order valence-electron chi connectivity index (χ0n) is 9.14. The first kappa shape index (κ1) is 11.6. The summed E-state index contributed by atoms with van der Waals surface area (Å²) in [6.07, 6.45) is 0.265. The molecule has 0 unspecified atom stereocenters. The van der Waals surface area contributed by atoms with Crippen LogP contribution < -0.4 is 5.32 Å². The summed E-state index contributed by atoms with van der Waals surface area (Å²) in [6.45, 7) is 4.08. The van der Waals surface area contributed by atoms with Crippen LogP contribution in [-0.2, 0) is 11.2 Å². The number of hydrogen-bond donors (Lipinski definition) is 0. The van der Waals surface area contributed by atoms with Crippen LogP contribution in [-0.4, -0.2) is 18.7 Å².